The predicted octanol–water partition coefficient (Wildman–Crippen LogP) is 6.08. The van der Waals surface area contributed by atoms with Crippen molar-refractivity contribution in [3.8, 4) is 11.5 Å². The molecule has 0 saturated carbocycles. The number of nitrogens with zero attached hydrogens (tertiary/aromatic N) is 1. The second kappa shape index (κ2) is 12.0. The minimum atomic E-state index is -4.59. The van der Waals surface area contributed by atoms with E-state index in [0.717, 1.165) is 23.8 Å². The van der Waals surface area contributed by atoms with Gasteiger partial charge < -0.3 is 14.8 Å². The van der Waals surface area contributed by atoms with Gasteiger partial charge in [-0.2, -0.15) is 18.3 Å². The Bertz CT molecular complexity index is 1350. The molecular weight excluding hydrogens is 534 g/mol. The third kappa shape index (κ3) is 7.61. The molecule has 3 aromatic rings. The topological polar surface area (TPSA) is 89.0 Å². The third-order valence-electron chi connectivity index (χ3n) is 4.96. The SMILES string of the molecule is COc1cc(/C(C)=N/NC(=O)C(=O)Nc2cccc(C(F)(F)F)c2)ccc1OCc1ccc(Cl)cc1Cl. The highest BCUT2D eigenvalue weighted by Gasteiger charge is 2.30. The van der Waals surface area contributed by atoms with Crippen LogP contribution in [-0.2, 0) is 22.4 Å². The molecule has 3 aromatic carbocycles. The molecule has 0 aliphatic heterocycles. The lowest BCUT2D eigenvalue weighted by Crippen LogP contribution is -2.33. The number of carbonyl (C=O) groups is 2. The number of amides is 2. The molecule has 0 saturated heterocycles. The molecule has 0 heterocycles. The summed E-state index contributed by atoms with van der Waals surface area (Å²) in [5, 5.41) is 6.95. The number of halogens is 5. The van der Waals surface area contributed by atoms with Gasteiger partial charge in [-0.25, -0.2) is 5.43 Å². The number of rotatable bonds is 7. The van der Waals surface area contributed by atoms with E-state index in [4.69, 9.17) is 32.7 Å². The summed E-state index contributed by atoms with van der Waals surface area (Å²) >= 11 is 12.1. The molecule has 0 atom stereocenters. The number of hydrogen-bond donors (Lipinski definition) is 2. The summed E-state index contributed by atoms with van der Waals surface area (Å²) in [4.78, 5) is 24.2. The number of ether oxygens (including phenoxy) is 2. The fourth-order valence-corrected chi connectivity index (χ4v) is 3.48. The van der Waals surface area contributed by atoms with Gasteiger partial charge in [-0.3, -0.25) is 9.59 Å². The molecule has 7 nitrogen and oxygen atoms in total. The Morgan fingerprint density at radius 1 is 0.973 bits per heavy atom. The zero-order valence-electron chi connectivity index (χ0n) is 19.5. The normalized spacial score (nSPS) is 11.6. The molecule has 0 radical (unpaired) electrons. The van der Waals surface area contributed by atoms with Gasteiger partial charge in [-0.1, -0.05) is 35.3 Å². The summed E-state index contributed by atoms with van der Waals surface area (Å²) in [5.74, 6) is -1.54. The minimum Gasteiger partial charge on any atom is -0.493 e. The average molecular weight is 554 g/mol. The Morgan fingerprint density at radius 2 is 1.73 bits per heavy atom. The van der Waals surface area contributed by atoms with Crippen LogP contribution in [0.5, 0.6) is 11.5 Å². The van der Waals surface area contributed by atoms with Crippen molar-refractivity contribution in [3.05, 3.63) is 87.4 Å². The van der Waals surface area contributed by atoms with E-state index in [1.54, 1.807) is 43.3 Å². The molecule has 0 fully saturated rings. The molecule has 0 unspecified atom stereocenters. The standard InChI is InChI=1S/C25H20Cl2F3N3O4/c1-14(32-33-24(35)23(34)31-19-5-3-4-17(11-19)25(28,29)30)15-7-9-21(22(10-15)36-2)37-13-16-6-8-18(26)12-20(16)27/h3-12H,13H2,1-2H3,(H,31,34)(H,33,35)/b32-14+. The minimum absolute atomic E-state index is 0.163. The van der Waals surface area contributed by atoms with Crippen LogP contribution >= 0.6 is 23.2 Å². The summed E-state index contributed by atoms with van der Waals surface area (Å²) in [6.07, 6.45) is -4.59. The van der Waals surface area contributed by atoms with Gasteiger partial charge in [0, 0.05) is 26.9 Å². The zero-order valence-corrected chi connectivity index (χ0v) is 21.0. The molecule has 0 aliphatic carbocycles. The molecule has 0 bridgehead atoms. The molecule has 37 heavy (non-hydrogen) atoms. The molecule has 0 aliphatic rings. The van der Waals surface area contributed by atoms with Crippen LogP contribution in [0, 0.1) is 0 Å². The lowest BCUT2D eigenvalue weighted by molar-refractivity contribution is -0.137. The summed E-state index contributed by atoms with van der Waals surface area (Å²) in [7, 11) is 1.45. The predicted molar refractivity (Wildman–Crippen MR) is 134 cm³/mol. The van der Waals surface area contributed by atoms with Crippen molar-refractivity contribution in [3.63, 3.8) is 0 Å². The number of carbonyl (C=O) groups excluding carboxylic acids is 2. The molecule has 194 valence electrons. The third-order valence-corrected chi connectivity index (χ3v) is 5.55. The Labute approximate surface area is 220 Å². The highest BCUT2D eigenvalue weighted by Crippen LogP contribution is 2.31. The van der Waals surface area contributed by atoms with Crippen molar-refractivity contribution in [1.82, 2.24) is 5.43 Å². The molecular formula is C25H20Cl2F3N3O4. The number of nitrogens with one attached hydrogen (secondary N) is 2. The maximum atomic E-state index is 12.8. The lowest BCUT2D eigenvalue weighted by Gasteiger charge is -2.13. The van der Waals surface area contributed by atoms with E-state index in [1.807, 2.05) is 0 Å². The van der Waals surface area contributed by atoms with Crippen LogP contribution in [0.3, 0.4) is 0 Å². The van der Waals surface area contributed by atoms with E-state index >= 15 is 0 Å². The first kappa shape index (κ1) is 27.8. The molecule has 0 aromatic heterocycles. The Balaban J connectivity index is 1.64. The monoisotopic (exact) mass is 553 g/mol. The van der Waals surface area contributed by atoms with Crippen LogP contribution in [0.15, 0.2) is 65.8 Å². The van der Waals surface area contributed by atoms with Crippen molar-refractivity contribution >= 4 is 46.4 Å². The average Bonchev–Trinajstić information content (AvgIpc) is 2.86. The summed E-state index contributed by atoms with van der Waals surface area (Å²) in [5.41, 5.74) is 2.52. The van der Waals surface area contributed by atoms with Gasteiger partial charge in [-0.15, -0.1) is 0 Å². The van der Waals surface area contributed by atoms with Crippen molar-refractivity contribution in [2.45, 2.75) is 19.7 Å². The zero-order chi connectivity index (χ0) is 27.2. The van der Waals surface area contributed by atoms with E-state index in [0.29, 0.717) is 32.8 Å². The van der Waals surface area contributed by atoms with E-state index in [-0.39, 0.29) is 12.3 Å². The molecule has 2 amide bonds. The quantitative estimate of drug-likeness (QED) is 0.211. The van der Waals surface area contributed by atoms with E-state index < -0.39 is 23.6 Å². The van der Waals surface area contributed by atoms with Gasteiger partial charge in [0.25, 0.3) is 0 Å². The summed E-state index contributed by atoms with van der Waals surface area (Å²) in [6.45, 7) is 1.74. The fourth-order valence-electron chi connectivity index (χ4n) is 3.02. The van der Waals surface area contributed by atoms with Gasteiger partial charge in [0.05, 0.1) is 18.4 Å². The largest absolute Gasteiger partial charge is 0.493 e. The molecule has 0 spiro atoms. The maximum absolute atomic E-state index is 12.8. The summed E-state index contributed by atoms with van der Waals surface area (Å²) < 4.78 is 49.7. The Hall–Kier alpha value is -3.76. The Kier molecular flexibility index (Phi) is 9.01. The van der Waals surface area contributed by atoms with Crippen LogP contribution in [-0.4, -0.2) is 24.6 Å². The van der Waals surface area contributed by atoms with Crippen LogP contribution in [0.4, 0.5) is 18.9 Å². The van der Waals surface area contributed by atoms with Crippen LogP contribution in [0.2, 0.25) is 10.0 Å². The second-order valence-corrected chi connectivity index (χ2v) is 8.40. The van der Waals surface area contributed by atoms with Gasteiger partial charge in [0.2, 0.25) is 0 Å². The van der Waals surface area contributed by atoms with Gasteiger partial charge in [0.1, 0.15) is 6.61 Å². The van der Waals surface area contributed by atoms with Crippen molar-refractivity contribution in [1.29, 1.82) is 0 Å². The molecule has 3 rings (SSSR count). The molecule has 12 heteroatoms. The molecule has 2 N–H and O–H groups in total. The highest BCUT2D eigenvalue weighted by molar-refractivity contribution is 6.39. The van der Waals surface area contributed by atoms with E-state index in [1.165, 1.54) is 13.2 Å². The van der Waals surface area contributed by atoms with E-state index in [9.17, 15) is 22.8 Å². The number of alkyl halides is 3. The number of hydrogen-bond acceptors (Lipinski definition) is 5. The van der Waals surface area contributed by atoms with Gasteiger partial charge in [-0.05, 0) is 55.5 Å². The van der Waals surface area contributed by atoms with Gasteiger partial charge >= 0.3 is 18.0 Å². The smallest absolute Gasteiger partial charge is 0.416 e. The lowest BCUT2D eigenvalue weighted by atomic mass is 10.1. The van der Waals surface area contributed by atoms with Crippen molar-refractivity contribution < 1.29 is 32.2 Å². The number of hydrazone groups is 1. The summed E-state index contributed by atoms with van der Waals surface area (Å²) in [6, 6.07) is 13.9. The Morgan fingerprint density at radius 3 is 2.41 bits per heavy atom. The second-order valence-electron chi connectivity index (χ2n) is 7.56. The van der Waals surface area contributed by atoms with E-state index in [2.05, 4.69) is 15.8 Å². The first-order valence-electron chi connectivity index (χ1n) is 10.6. The van der Waals surface area contributed by atoms with Gasteiger partial charge in [0.15, 0.2) is 11.5 Å². The maximum Gasteiger partial charge on any atom is 0.416 e. The first-order chi connectivity index (χ1) is 17.5. The number of benzene rings is 3. The first-order valence-corrected chi connectivity index (χ1v) is 11.3. The number of anilines is 1. The van der Waals surface area contributed by atoms with Crippen LogP contribution in [0.1, 0.15) is 23.6 Å². The fraction of sp³-hybridized carbons (Fsp3) is 0.160. The number of methoxy groups -OCH3 is 1. The van der Waals surface area contributed by atoms with Crippen molar-refractivity contribution in [2.75, 3.05) is 12.4 Å². The van der Waals surface area contributed by atoms with Crippen molar-refractivity contribution in [2.24, 2.45) is 5.10 Å². The van der Waals surface area contributed by atoms with Crippen LogP contribution in [0.25, 0.3) is 0 Å². The highest BCUT2D eigenvalue weighted by atomic mass is 35.5. The van der Waals surface area contributed by atoms with Crippen LogP contribution < -0.4 is 20.2 Å².